The first-order chi connectivity index (χ1) is 15.6. The normalized spacial score (nSPS) is 17.0. The van der Waals surface area contributed by atoms with Crippen LogP contribution in [0.3, 0.4) is 0 Å². The summed E-state index contributed by atoms with van der Waals surface area (Å²) in [5.74, 6) is -1.59. The average molecular weight is 477 g/mol. The Morgan fingerprint density at radius 3 is 2.00 bits per heavy atom. The van der Waals surface area contributed by atoms with Crippen LogP contribution in [-0.4, -0.2) is 58.7 Å². The van der Waals surface area contributed by atoms with Crippen LogP contribution in [0.4, 0.5) is 10.5 Å². The fraction of sp³-hybridized carbons (Fsp3) is 0.654. The van der Waals surface area contributed by atoms with Gasteiger partial charge < -0.3 is 24.8 Å². The van der Waals surface area contributed by atoms with Crippen molar-refractivity contribution in [2.24, 2.45) is 5.92 Å². The van der Waals surface area contributed by atoms with Crippen LogP contribution in [0.5, 0.6) is 0 Å². The number of carbonyl (C=O) groups excluding carboxylic acids is 3. The zero-order valence-electron chi connectivity index (χ0n) is 21.6. The number of amides is 1. The number of benzene rings is 1. The van der Waals surface area contributed by atoms with Gasteiger partial charge in [0.05, 0.1) is 5.60 Å². The van der Waals surface area contributed by atoms with E-state index in [4.69, 9.17) is 9.47 Å². The van der Waals surface area contributed by atoms with Crippen LogP contribution in [0.2, 0.25) is 0 Å². The molecule has 8 nitrogen and oxygen atoms in total. The van der Waals surface area contributed by atoms with Crippen LogP contribution in [0, 0.1) is 5.92 Å². The van der Waals surface area contributed by atoms with E-state index in [1.165, 1.54) is 0 Å². The highest BCUT2D eigenvalue weighted by Gasteiger charge is 2.37. The first-order valence-electron chi connectivity index (χ1n) is 11.9. The van der Waals surface area contributed by atoms with Crippen LogP contribution < -0.4 is 5.32 Å². The van der Waals surface area contributed by atoms with Crippen molar-refractivity contribution in [1.29, 1.82) is 0 Å². The summed E-state index contributed by atoms with van der Waals surface area (Å²) in [5.41, 5.74) is -0.766. The van der Waals surface area contributed by atoms with E-state index in [9.17, 15) is 19.5 Å². The lowest BCUT2D eigenvalue weighted by Gasteiger charge is -2.39. The van der Waals surface area contributed by atoms with Gasteiger partial charge >= 0.3 is 12.1 Å². The number of hydrogen-bond donors (Lipinski definition) is 2. The molecule has 1 atom stereocenters. The maximum Gasteiger partial charge on any atom is 0.410 e. The summed E-state index contributed by atoms with van der Waals surface area (Å²) in [7, 11) is 0. The second-order valence-corrected chi connectivity index (χ2v) is 10.9. The second kappa shape index (κ2) is 10.8. The van der Waals surface area contributed by atoms with Gasteiger partial charge in [0, 0.05) is 31.7 Å². The quantitative estimate of drug-likeness (QED) is 0.448. The summed E-state index contributed by atoms with van der Waals surface area (Å²) < 4.78 is 10.8. The van der Waals surface area contributed by atoms with Crippen molar-refractivity contribution in [3.05, 3.63) is 29.8 Å². The number of ether oxygens (including phenoxy) is 2. The smallest absolute Gasteiger partial charge is 0.410 e. The number of ketones is 1. The molecule has 2 N–H and O–H groups in total. The highest BCUT2D eigenvalue weighted by molar-refractivity contribution is 5.99. The molecule has 1 unspecified atom stereocenters. The molecular weight excluding hydrogens is 436 g/mol. The number of hydrogen-bond acceptors (Lipinski definition) is 7. The standard InChI is InChI=1S/C26H40N2O6/c1-8-21(29)20(22(30)33-24(2,3)4)17-27-19-11-9-18(10-12-19)26(32)13-15-28(16-14-26)23(31)34-25(5,6)7/h9-12,20,27,32H,8,13-17H2,1-7H3. The van der Waals surface area contributed by atoms with E-state index in [1.54, 1.807) is 32.6 Å². The zero-order chi connectivity index (χ0) is 25.7. The van der Waals surface area contributed by atoms with Crippen LogP contribution in [0.25, 0.3) is 0 Å². The largest absolute Gasteiger partial charge is 0.459 e. The lowest BCUT2D eigenvalue weighted by molar-refractivity contribution is -0.161. The van der Waals surface area contributed by atoms with Crippen molar-refractivity contribution in [1.82, 2.24) is 4.90 Å². The van der Waals surface area contributed by atoms with E-state index >= 15 is 0 Å². The van der Waals surface area contributed by atoms with E-state index in [-0.39, 0.29) is 24.8 Å². The van der Waals surface area contributed by atoms with E-state index in [2.05, 4.69) is 5.32 Å². The molecule has 1 aliphatic heterocycles. The van der Waals surface area contributed by atoms with Gasteiger partial charge in [0.2, 0.25) is 0 Å². The maximum absolute atomic E-state index is 12.5. The number of nitrogens with zero attached hydrogens (tertiary/aromatic N) is 1. The van der Waals surface area contributed by atoms with Gasteiger partial charge in [-0.2, -0.15) is 0 Å². The molecule has 1 aromatic carbocycles. The predicted octanol–water partition coefficient (Wildman–Crippen LogP) is 4.25. The number of Topliss-reactive ketones (excluding diaryl/α,β-unsaturated/α-hetero) is 1. The molecule has 0 bridgehead atoms. The number of carbonyl (C=O) groups is 3. The van der Waals surface area contributed by atoms with Gasteiger partial charge in [0.1, 0.15) is 22.9 Å². The zero-order valence-corrected chi connectivity index (χ0v) is 21.6. The van der Waals surface area contributed by atoms with Crippen molar-refractivity contribution in [2.45, 2.75) is 84.5 Å². The number of nitrogens with one attached hydrogen (secondary N) is 1. The molecule has 0 saturated carbocycles. The number of piperidine rings is 1. The minimum atomic E-state index is -1.03. The Morgan fingerprint density at radius 1 is 1.00 bits per heavy atom. The summed E-state index contributed by atoms with van der Waals surface area (Å²) >= 11 is 0. The number of esters is 1. The lowest BCUT2D eigenvalue weighted by atomic mass is 9.84. The van der Waals surface area contributed by atoms with Crippen molar-refractivity contribution < 1.29 is 29.0 Å². The van der Waals surface area contributed by atoms with Gasteiger partial charge in [-0.1, -0.05) is 19.1 Å². The molecule has 1 aromatic rings. The summed E-state index contributed by atoms with van der Waals surface area (Å²) in [6.07, 6.45) is 0.697. The van der Waals surface area contributed by atoms with Crippen LogP contribution in [0.15, 0.2) is 24.3 Å². The minimum absolute atomic E-state index is 0.135. The molecule has 190 valence electrons. The first kappa shape index (κ1) is 27.6. The Hall–Kier alpha value is -2.61. The molecule has 1 amide bonds. The molecule has 0 spiro atoms. The Bertz CT molecular complexity index is 859. The third kappa shape index (κ3) is 8.01. The summed E-state index contributed by atoms with van der Waals surface area (Å²) in [6, 6.07) is 7.29. The van der Waals surface area contributed by atoms with Gasteiger partial charge in [-0.25, -0.2) is 4.79 Å². The topological polar surface area (TPSA) is 105 Å². The fourth-order valence-electron chi connectivity index (χ4n) is 3.74. The lowest BCUT2D eigenvalue weighted by Crippen LogP contribution is -2.46. The second-order valence-electron chi connectivity index (χ2n) is 10.9. The third-order valence-corrected chi connectivity index (χ3v) is 5.60. The van der Waals surface area contributed by atoms with Gasteiger partial charge in [0.15, 0.2) is 0 Å². The number of likely N-dealkylation sites (tertiary alicyclic amines) is 1. The predicted molar refractivity (Wildman–Crippen MR) is 131 cm³/mol. The van der Waals surface area contributed by atoms with E-state index < -0.39 is 28.7 Å². The van der Waals surface area contributed by atoms with E-state index in [0.29, 0.717) is 25.9 Å². The van der Waals surface area contributed by atoms with Crippen LogP contribution in [0.1, 0.15) is 73.3 Å². The number of aliphatic hydroxyl groups is 1. The Labute approximate surface area is 203 Å². The highest BCUT2D eigenvalue weighted by atomic mass is 16.6. The maximum atomic E-state index is 12.5. The molecule has 2 rings (SSSR count). The van der Waals surface area contributed by atoms with Gasteiger partial charge in [0.25, 0.3) is 0 Å². The monoisotopic (exact) mass is 476 g/mol. The van der Waals surface area contributed by atoms with Crippen LogP contribution >= 0.6 is 0 Å². The Balaban J connectivity index is 1.98. The summed E-state index contributed by atoms with van der Waals surface area (Å²) in [4.78, 5) is 38.7. The first-order valence-corrected chi connectivity index (χ1v) is 11.9. The molecule has 8 heteroatoms. The molecule has 0 aromatic heterocycles. The van der Waals surface area contributed by atoms with Crippen molar-refractivity contribution >= 4 is 23.5 Å². The van der Waals surface area contributed by atoms with Gasteiger partial charge in [-0.15, -0.1) is 0 Å². The van der Waals surface area contributed by atoms with Gasteiger partial charge in [-0.05, 0) is 72.1 Å². The molecule has 0 aliphatic carbocycles. The number of rotatable bonds is 7. The van der Waals surface area contributed by atoms with Crippen molar-refractivity contribution in [3.63, 3.8) is 0 Å². The van der Waals surface area contributed by atoms with E-state index in [1.807, 2.05) is 45.0 Å². The molecule has 34 heavy (non-hydrogen) atoms. The fourth-order valence-corrected chi connectivity index (χ4v) is 3.74. The van der Waals surface area contributed by atoms with Gasteiger partial charge in [-0.3, -0.25) is 9.59 Å². The Morgan fingerprint density at radius 2 is 1.53 bits per heavy atom. The average Bonchev–Trinajstić information content (AvgIpc) is 2.72. The van der Waals surface area contributed by atoms with E-state index in [0.717, 1.165) is 11.3 Å². The van der Waals surface area contributed by atoms with Crippen molar-refractivity contribution in [2.75, 3.05) is 25.0 Å². The molecule has 1 heterocycles. The summed E-state index contributed by atoms with van der Waals surface area (Å²) in [5, 5.41) is 14.3. The Kier molecular flexibility index (Phi) is 8.75. The molecular formula is C26H40N2O6. The molecule has 1 aliphatic rings. The SMILES string of the molecule is CCC(=O)C(CNc1ccc(C2(O)CCN(C(=O)OC(C)(C)C)CC2)cc1)C(=O)OC(C)(C)C. The molecule has 0 radical (unpaired) electrons. The third-order valence-electron chi connectivity index (χ3n) is 5.60. The summed E-state index contributed by atoms with van der Waals surface area (Å²) in [6.45, 7) is 13.5. The highest BCUT2D eigenvalue weighted by Crippen LogP contribution is 2.34. The molecule has 1 saturated heterocycles. The van der Waals surface area contributed by atoms with Crippen LogP contribution in [-0.2, 0) is 24.7 Å². The molecule has 1 fully saturated rings. The van der Waals surface area contributed by atoms with Crippen molar-refractivity contribution in [3.8, 4) is 0 Å². The minimum Gasteiger partial charge on any atom is -0.459 e. The number of anilines is 1.